The SMILES string of the molecule is CC[NH+](CC(=O)Nc1cccc(OC)c1)Cc1nc2cc(Cl)ccc2c(=O)[nH]1. The molecule has 1 aromatic heterocycles. The lowest BCUT2D eigenvalue weighted by molar-refractivity contribution is -0.904. The molecule has 1 atom stereocenters. The Morgan fingerprint density at radius 1 is 1.29 bits per heavy atom. The Morgan fingerprint density at radius 3 is 2.86 bits per heavy atom. The van der Waals surface area contributed by atoms with Crippen LogP contribution in [0, 0.1) is 0 Å². The van der Waals surface area contributed by atoms with Crippen LogP contribution >= 0.6 is 11.6 Å². The molecule has 0 bridgehead atoms. The zero-order valence-electron chi connectivity index (χ0n) is 15.7. The second-order valence-electron chi connectivity index (χ2n) is 6.41. The zero-order valence-corrected chi connectivity index (χ0v) is 16.5. The molecule has 0 spiro atoms. The Bertz CT molecular complexity index is 1050. The van der Waals surface area contributed by atoms with Gasteiger partial charge in [-0.05, 0) is 37.3 Å². The van der Waals surface area contributed by atoms with Crippen molar-refractivity contribution in [2.45, 2.75) is 13.5 Å². The summed E-state index contributed by atoms with van der Waals surface area (Å²) in [6.45, 7) is 3.33. The summed E-state index contributed by atoms with van der Waals surface area (Å²) in [5.41, 5.74) is 1.00. The van der Waals surface area contributed by atoms with Gasteiger partial charge >= 0.3 is 0 Å². The summed E-state index contributed by atoms with van der Waals surface area (Å²) in [5.74, 6) is 1.07. The van der Waals surface area contributed by atoms with Gasteiger partial charge in [0.1, 0.15) is 12.3 Å². The minimum atomic E-state index is -0.215. The molecular formula is C20H22ClN4O3+. The number of hydrogen-bond acceptors (Lipinski definition) is 4. The lowest BCUT2D eigenvalue weighted by Gasteiger charge is -2.17. The molecule has 3 aromatic rings. The van der Waals surface area contributed by atoms with E-state index in [0.29, 0.717) is 46.3 Å². The number of carbonyl (C=O) groups is 1. The fraction of sp³-hybridized carbons (Fsp3) is 0.250. The number of likely N-dealkylation sites (N-methyl/N-ethyl adjacent to an activating group) is 1. The number of fused-ring (bicyclic) bond motifs is 1. The molecule has 1 amide bonds. The van der Waals surface area contributed by atoms with E-state index in [0.717, 1.165) is 4.90 Å². The first-order valence-corrected chi connectivity index (χ1v) is 9.32. The van der Waals surface area contributed by atoms with Crippen molar-refractivity contribution in [1.29, 1.82) is 0 Å². The Labute approximate surface area is 167 Å². The average Bonchev–Trinajstić information content (AvgIpc) is 2.67. The third kappa shape index (κ3) is 4.88. The van der Waals surface area contributed by atoms with E-state index in [4.69, 9.17) is 16.3 Å². The van der Waals surface area contributed by atoms with Crippen molar-refractivity contribution in [3.63, 3.8) is 0 Å². The van der Waals surface area contributed by atoms with Gasteiger partial charge in [0.25, 0.3) is 11.5 Å². The second-order valence-corrected chi connectivity index (χ2v) is 6.85. The number of anilines is 1. The first kappa shape index (κ1) is 19.9. The molecule has 0 saturated carbocycles. The van der Waals surface area contributed by atoms with Gasteiger partial charge in [0.15, 0.2) is 12.4 Å². The molecule has 0 fully saturated rings. The molecule has 0 aliphatic rings. The van der Waals surface area contributed by atoms with Gasteiger partial charge in [0.05, 0.1) is 24.6 Å². The van der Waals surface area contributed by atoms with Crippen LogP contribution in [-0.2, 0) is 11.3 Å². The Morgan fingerprint density at radius 2 is 2.11 bits per heavy atom. The highest BCUT2D eigenvalue weighted by Crippen LogP contribution is 2.16. The molecule has 0 aliphatic carbocycles. The predicted octanol–water partition coefficient (Wildman–Crippen LogP) is 1.63. The summed E-state index contributed by atoms with van der Waals surface area (Å²) in [5, 5.41) is 3.88. The van der Waals surface area contributed by atoms with Crippen molar-refractivity contribution in [2.24, 2.45) is 0 Å². The van der Waals surface area contributed by atoms with E-state index in [1.54, 1.807) is 37.4 Å². The number of nitrogens with one attached hydrogen (secondary N) is 3. The van der Waals surface area contributed by atoms with Crippen LogP contribution in [0.3, 0.4) is 0 Å². The van der Waals surface area contributed by atoms with Crippen LogP contribution in [0.4, 0.5) is 5.69 Å². The highest BCUT2D eigenvalue weighted by Gasteiger charge is 2.16. The number of quaternary nitrogens is 1. The van der Waals surface area contributed by atoms with Gasteiger partial charge in [-0.2, -0.15) is 0 Å². The van der Waals surface area contributed by atoms with Crippen molar-refractivity contribution >= 4 is 34.1 Å². The fourth-order valence-electron chi connectivity index (χ4n) is 2.93. The van der Waals surface area contributed by atoms with Gasteiger partial charge in [-0.25, -0.2) is 4.98 Å². The highest BCUT2D eigenvalue weighted by atomic mass is 35.5. The van der Waals surface area contributed by atoms with E-state index >= 15 is 0 Å². The molecule has 0 saturated heterocycles. The molecule has 0 radical (unpaired) electrons. The Hall–Kier alpha value is -2.90. The van der Waals surface area contributed by atoms with E-state index in [2.05, 4.69) is 15.3 Å². The summed E-state index contributed by atoms with van der Waals surface area (Å²) >= 11 is 6.00. The zero-order chi connectivity index (χ0) is 20.1. The number of carbonyl (C=O) groups excluding carboxylic acids is 1. The maximum absolute atomic E-state index is 12.4. The van der Waals surface area contributed by atoms with Crippen molar-refractivity contribution in [3.05, 3.63) is 63.7 Å². The molecule has 3 N–H and O–H groups in total. The molecular weight excluding hydrogens is 380 g/mol. The van der Waals surface area contributed by atoms with E-state index in [1.165, 1.54) is 0 Å². The van der Waals surface area contributed by atoms with Crippen molar-refractivity contribution < 1.29 is 14.4 Å². The molecule has 3 rings (SSSR count). The van der Waals surface area contributed by atoms with Gasteiger partial charge in [0.2, 0.25) is 0 Å². The molecule has 2 aromatic carbocycles. The van der Waals surface area contributed by atoms with Crippen LogP contribution in [0.15, 0.2) is 47.3 Å². The van der Waals surface area contributed by atoms with E-state index in [-0.39, 0.29) is 18.0 Å². The minimum absolute atomic E-state index is 0.128. The summed E-state index contributed by atoms with van der Waals surface area (Å²) in [7, 11) is 1.58. The Balaban J connectivity index is 1.70. The summed E-state index contributed by atoms with van der Waals surface area (Å²) in [6.07, 6.45) is 0. The number of H-pyrrole nitrogens is 1. The van der Waals surface area contributed by atoms with Crippen LogP contribution in [0.5, 0.6) is 5.75 Å². The largest absolute Gasteiger partial charge is 0.497 e. The summed E-state index contributed by atoms with van der Waals surface area (Å²) < 4.78 is 5.16. The molecule has 7 nitrogen and oxygen atoms in total. The van der Waals surface area contributed by atoms with Crippen LogP contribution in [-0.4, -0.2) is 36.1 Å². The number of rotatable bonds is 7. The number of aromatic amines is 1. The van der Waals surface area contributed by atoms with E-state index in [1.807, 2.05) is 19.1 Å². The number of aromatic nitrogens is 2. The van der Waals surface area contributed by atoms with Crippen LogP contribution in [0.25, 0.3) is 10.9 Å². The van der Waals surface area contributed by atoms with Gasteiger partial charge in [-0.15, -0.1) is 0 Å². The fourth-order valence-corrected chi connectivity index (χ4v) is 3.09. The standard InChI is InChI=1S/C20H21ClN4O3/c1-3-25(12-19(26)22-14-5-4-6-15(10-14)28-2)11-18-23-17-9-13(21)7-8-16(17)20(27)24-18/h4-10H,3,11-12H2,1-2H3,(H,22,26)(H,23,24,27)/p+1. The van der Waals surface area contributed by atoms with Crippen LogP contribution in [0.2, 0.25) is 5.02 Å². The number of methoxy groups -OCH3 is 1. The third-order valence-electron chi connectivity index (χ3n) is 4.40. The third-order valence-corrected chi connectivity index (χ3v) is 4.63. The number of hydrogen-bond donors (Lipinski definition) is 3. The molecule has 0 aliphatic heterocycles. The minimum Gasteiger partial charge on any atom is -0.497 e. The number of halogens is 1. The summed E-state index contributed by atoms with van der Waals surface area (Å²) in [6, 6.07) is 12.2. The lowest BCUT2D eigenvalue weighted by atomic mass is 10.2. The number of ether oxygens (including phenoxy) is 1. The van der Waals surface area contributed by atoms with Crippen molar-refractivity contribution in [1.82, 2.24) is 9.97 Å². The van der Waals surface area contributed by atoms with Crippen LogP contribution < -0.4 is 20.5 Å². The summed E-state index contributed by atoms with van der Waals surface area (Å²) in [4.78, 5) is 32.9. The maximum atomic E-state index is 12.4. The normalized spacial score (nSPS) is 12.0. The van der Waals surface area contributed by atoms with Gasteiger partial charge in [-0.1, -0.05) is 17.7 Å². The monoisotopic (exact) mass is 401 g/mol. The smallest absolute Gasteiger partial charge is 0.279 e. The number of benzene rings is 2. The molecule has 1 heterocycles. The average molecular weight is 402 g/mol. The van der Waals surface area contributed by atoms with Crippen molar-refractivity contribution in [2.75, 3.05) is 25.5 Å². The first-order valence-electron chi connectivity index (χ1n) is 8.94. The van der Waals surface area contributed by atoms with Gasteiger partial charge in [0, 0.05) is 16.8 Å². The molecule has 28 heavy (non-hydrogen) atoms. The molecule has 146 valence electrons. The maximum Gasteiger partial charge on any atom is 0.279 e. The number of nitrogens with zero attached hydrogens (tertiary/aromatic N) is 1. The molecule has 8 heteroatoms. The lowest BCUT2D eigenvalue weighted by Crippen LogP contribution is -3.11. The topological polar surface area (TPSA) is 88.5 Å². The first-order chi connectivity index (χ1) is 13.5. The van der Waals surface area contributed by atoms with Crippen molar-refractivity contribution in [3.8, 4) is 5.75 Å². The van der Waals surface area contributed by atoms with Gasteiger partial charge in [-0.3, -0.25) is 9.59 Å². The highest BCUT2D eigenvalue weighted by molar-refractivity contribution is 6.31. The van der Waals surface area contributed by atoms with E-state index < -0.39 is 0 Å². The van der Waals surface area contributed by atoms with Crippen LogP contribution in [0.1, 0.15) is 12.7 Å². The van der Waals surface area contributed by atoms with E-state index in [9.17, 15) is 9.59 Å². The molecule has 1 unspecified atom stereocenters. The second kappa shape index (κ2) is 8.86. The predicted molar refractivity (Wildman–Crippen MR) is 109 cm³/mol. The Kier molecular flexibility index (Phi) is 6.28. The van der Waals surface area contributed by atoms with Gasteiger partial charge < -0.3 is 19.9 Å². The number of amides is 1. The quantitative estimate of drug-likeness (QED) is 0.561.